The third kappa shape index (κ3) is 4.55. The van der Waals surface area contributed by atoms with Gasteiger partial charge in [-0.25, -0.2) is 4.98 Å². The second kappa shape index (κ2) is 9.12. The van der Waals surface area contributed by atoms with Gasteiger partial charge in [0.1, 0.15) is 23.0 Å². The fraction of sp³-hybridized carbons (Fsp3) is 0.200. The molecule has 0 atom stereocenters. The molecule has 33 heavy (non-hydrogen) atoms. The normalized spacial score (nSPS) is 12.2. The Morgan fingerprint density at radius 2 is 2.00 bits per heavy atom. The van der Waals surface area contributed by atoms with Gasteiger partial charge in [-0.1, -0.05) is 17.3 Å². The molecule has 0 saturated carbocycles. The average molecular weight is 441 g/mol. The highest BCUT2D eigenvalue weighted by Gasteiger charge is 2.22. The number of hydrogen-bond acceptors (Lipinski definition) is 7. The summed E-state index contributed by atoms with van der Waals surface area (Å²) in [4.78, 5) is 21.3. The number of amides is 1. The summed E-state index contributed by atoms with van der Waals surface area (Å²) in [5, 5.41) is 10.2. The van der Waals surface area contributed by atoms with Gasteiger partial charge in [-0.15, -0.1) is 0 Å². The first-order chi connectivity index (χ1) is 16.2. The zero-order valence-electron chi connectivity index (χ0n) is 18.2. The van der Waals surface area contributed by atoms with Crippen molar-refractivity contribution >= 4 is 11.7 Å². The molecule has 0 bridgehead atoms. The van der Waals surface area contributed by atoms with Gasteiger partial charge in [0.05, 0.1) is 13.2 Å². The summed E-state index contributed by atoms with van der Waals surface area (Å²) >= 11 is 0. The quantitative estimate of drug-likeness (QED) is 0.448. The van der Waals surface area contributed by atoms with Crippen LogP contribution < -0.4 is 15.4 Å². The standard InChI is InChI=1S/C25H23N5O3/c1-16-11-20(30-33-16)14-29-25(31)19-4-2-3-17(12-19)13-27-24-21-7-10-32-23(21)22(15-28-24)18-5-8-26-9-6-18/h2-6,8-9,11-12,15H,7,10,13-14H2,1H3,(H,27,28)(H,29,31). The molecule has 4 heterocycles. The maximum atomic E-state index is 12.6. The third-order valence-corrected chi connectivity index (χ3v) is 5.47. The van der Waals surface area contributed by atoms with Crippen molar-refractivity contribution in [3.63, 3.8) is 0 Å². The van der Waals surface area contributed by atoms with Crippen LogP contribution in [0.1, 0.15) is 32.9 Å². The maximum Gasteiger partial charge on any atom is 0.251 e. The predicted molar refractivity (Wildman–Crippen MR) is 123 cm³/mol. The van der Waals surface area contributed by atoms with Gasteiger partial charge < -0.3 is 19.9 Å². The summed E-state index contributed by atoms with van der Waals surface area (Å²) < 4.78 is 11.0. The molecule has 0 unspecified atom stereocenters. The van der Waals surface area contributed by atoms with Gasteiger partial charge in [0.25, 0.3) is 5.91 Å². The Kier molecular flexibility index (Phi) is 5.72. The zero-order chi connectivity index (χ0) is 22.6. The molecule has 1 aromatic carbocycles. The lowest BCUT2D eigenvalue weighted by Gasteiger charge is -2.13. The van der Waals surface area contributed by atoms with Gasteiger partial charge >= 0.3 is 0 Å². The number of carbonyl (C=O) groups excluding carboxylic acids is 1. The van der Waals surface area contributed by atoms with Crippen LogP contribution >= 0.6 is 0 Å². The fourth-order valence-corrected chi connectivity index (χ4v) is 3.86. The Hall–Kier alpha value is -4.20. The number of carbonyl (C=O) groups is 1. The minimum absolute atomic E-state index is 0.161. The number of ether oxygens (including phenoxy) is 1. The van der Waals surface area contributed by atoms with Crippen LogP contribution in [0, 0.1) is 6.92 Å². The van der Waals surface area contributed by atoms with Crippen molar-refractivity contribution in [2.45, 2.75) is 26.4 Å². The van der Waals surface area contributed by atoms with Crippen molar-refractivity contribution in [1.29, 1.82) is 0 Å². The molecule has 0 radical (unpaired) electrons. The molecule has 166 valence electrons. The fourth-order valence-electron chi connectivity index (χ4n) is 3.86. The highest BCUT2D eigenvalue weighted by atomic mass is 16.5. The van der Waals surface area contributed by atoms with Crippen molar-refractivity contribution in [1.82, 2.24) is 20.4 Å². The molecule has 1 amide bonds. The molecule has 3 aromatic heterocycles. The summed E-state index contributed by atoms with van der Waals surface area (Å²) in [7, 11) is 0. The van der Waals surface area contributed by atoms with E-state index in [9.17, 15) is 4.79 Å². The van der Waals surface area contributed by atoms with Crippen molar-refractivity contribution in [2.24, 2.45) is 0 Å². The van der Waals surface area contributed by atoms with E-state index in [0.717, 1.165) is 40.2 Å². The lowest BCUT2D eigenvalue weighted by molar-refractivity contribution is 0.0950. The zero-order valence-corrected chi connectivity index (χ0v) is 18.2. The first-order valence-electron chi connectivity index (χ1n) is 10.8. The number of fused-ring (bicyclic) bond motifs is 1. The van der Waals surface area contributed by atoms with Crippen molar-refractivity contribution in [2.75, 3.05) is 11.9 Å². The van der Waals surface area contributed by atoms with Crippen molar-refractivity contribution in [3.8, 4) is 16.9 Å². The highest BCUT2D eigenvalue weighted by Crippen LogP contribution is 2.39. The molecule has 4 aromatic rings. The summed E-state index contributed by atoms with van der Waals surface area (Å²) in [5.41, 5.74) is 5.33. The van der Waals surface area contributed by atoms with E-state index >= 15 is 0 Å². The van der Waals surface area contributed by atoms with Gasteiger partial charge in [-0.05, 0) is 42.3 Å². The summed E-state index contributed by atoms with van der Waals surface area (Å²) in [6, 6.07) is 13.2. The van der Waals surface area contributed by atoms with Gasteiger partial charge in [0.15, 0.2) is 0 Å². The Labute approximate surface area is 191 Å². The van der Waals surface area contributed by atoms with E-state index in [1.807, 2.05) is 43.5 Å². The van der Waals surface area contributed by atoms with E-state index in [1.54, 1.807) is 24.5 Å². The maximum absolute atomic E-state index is 12.6. The molecule has 0 saturated heterocycles. The predicted octanol–water partition coefficient (Wildman–Crippen LogP) is 3.92. The SMILES string of the molecule is Cc1cc(CNC(=O)c2cccc(CNc3ncc(-c4ccncc4)c4c3CCO4)c2)no1. The van der Waals surface area contributed by atoms with Gasteiger partial charge in [-0.2, -0.15) is 0 Å². The molecule has 8 heteroatoms. The highest BCUT2D eigenvalue weighted by molar-refractivity contribution is 5.94. The Balaban J connectivity index is 1.27. The summed E-state index contributed by atoms with van der Waals surface area (Å²) in [6.45, 7) is 3.31. The molecule has 1 aliphatic heterocycles. The number of pyridine rings is 2. The monoisotopic (exact) mass is 441 g/mol. The topological polar surface area (TPSA) is 102 Å². The lowest BCUT2D eigenvalue weighted by Crippen LogP contribution is -2.23. The molecular weight excluding hydrogens is 418 g/mol. The van der Waals surface area contributed by atoms with Gasteiger partial charge in [-0.3, -0.25) is 9.78 Å². The van der Waals surface area contributed by atoms with E-state index < -0.39 is 0 Å². The molecule has 0 fully saturated rings. The number of nitrogens with one attached hydrogen (secondary N) is 2. The first-order valence-corrected chi connectivity index (χ1v) is 10.8. The van der Waals surface area contributed by atoms with Crippen LogP contribution in [0.15, 0.2) is 65.6 Å². The van der Waals surface area contributed by atoms with Crippen LogP contribution in [0.4, 0.5) is 5.82 Å². The number of hydrogen-bond donors (Lipinski definition) is 2. The molecular formula is C25H23N5O3. The van der Waals surface area contributed by atoms with E-state index in [2.05, 4.69) is 25.8 Å². The minimum Gasteiger partial charge on any atom is -0.492 e. The minimum atomic E-state index is -0.161. The number of aryl methyl sites for hydroxylation is 1. The number of nitrogens with zero attached hydrogens (tertiary/aromatic N) is 3. The van der Waals surface area contributed by atoms with Crippen LogP contribution in [0.25, 0.3) is 11.1 Å². The molecule has 8 nitrogen and oxygen atoms in total. The molecule has 0 spiro atoms. The van der Waals surface area contributed by atoms with E-state index in [1.165, 1.54) is 0 Å². The Morgan fingerprint density at radius 3 is 2.82 bits per heavy atom. The van der Waals surface area contributed by atoms with Crippen molar-refractivity contribution in [3.05, 3.63) is 89.2 Å². The lowest BCUT2D eigenvalue weighted by atomic mass is 10.0. The largest absolute Gasteiger partial charge is 0.492 e. The van der Waals surface area contributed by atoms with Gasteiger partial charge in [0, 0.05) is 54.3 Å². The Morgan fingerprint density at radius 1 is 1.12 bits per heavy atom. The summed E-state index contributed by atoms with van der Waals surface area (Å²) in [6.07, 6.45) is 6.16. The van der Waals surface area contributed by atoms with Gasteiger partial charge in [0.2, 0.25) is 0 Å². The number of anilines is 1. The number of benzene rings is 1. The van der Waals surface area contributed by atoms with E-state index in [-0.39, 0.29) is 5.91 Å². The van der Waals surface area contributed by atoms with Crippen LogP contribution in [-0.4, -0.2) is 27.6 Å². The van der Waals surface area contributed by atoms with Crippen LogP contribution in [0.5, 0.6) is 5.75 Å². The number of rotatable bonds is 7. The van der Waals surface area contributed by atoms with E-state index in [4.69, 9.17) is 9.26 Å². The second-order valence-corrected chi connectivity index (χ2v) is 7.83. The second-order valence-electron chi connectivity index (χ2n) is 7.83. The molecule has 5 rings (SSSR count). The van der Waals surface area contributed by atoms with E-state index in [0.29, 0.717) is 36.7 Å². The first kappa shape index (κ1) is 20.7. The molecule has 2 N–H and O–H groups in total. The Bertz CT molecular complexity index is 1290. The van der Waals surface area contributed by atoms with Crippen LogP contribution in [0.3, 0.4) is 0 Å². The number of aromatic nitrogens is 3. The molecule has 0 aliphatic carbocycles. The summed E-state index contributed by atoms with van der Waals surface area (Å²) in [5.74, 6) is 2.23. The van der Waals surface area contributed by atoms with Crippen LogP contribution in [0.2, 0.25) is 0 Å². The smallest absolute Gasteiger partial charge is 0.251 e. The van der Waals surface area contributed by atoms with Crippen LogP contribution in [-0.2, 0) is 19.5 Å². The average Bonchev–Trinajstić information content (AvgIpc) is 3.51. The van der Waals surface area contributed by atoms with Crippen molar-refractivity contribution < 1.29 is 14.1 Å². The third-order valence-electron chi connectivity index (χ3n) is 5.47. The molecule has 1 aliphatic rings.